The van der Waals surface area contributed by atoms with Gasteiger partial charge in [-0.05, 0) is 56.3 Å². The van der Waals surface area contributed by atoms with Crippen LogP contribution in [0.1, 0.15) is 59.1 Å². The van der Waals surface area contributed by atoms with E-state index >= 15 is 0 Å². The molecule has 9 heteroatoms. The number of amides is 1. The van der Waals surface area contributed by atoms with Crippen LogP contribution in [0.4, 0.5) is 0 Å². The van der Waals surface area contributed by atoms with Crippen LogP contribution < -0.4 is 5.56 Å². The average Bonchev–Trinajstić information content (AvgIpc) is 3.75. The second-order valence-corrected chi connectivity index (χ2v) is 14.1. The minimum atomic E-state index is -0.888. The molecule has 1 aliphatic rings. The molecule has 5 aromatic carbocycles. The number of aryl methyl sites for hydroxylation is 1. The Kier molecular flexibility index (Phi) is 10.3. The number of nitrogens with zero attached hydrogens (tertiary/aromatic N) is 7. The van der Waals surface area contributed by atoms with Gasteiger partial charge in [0.15, 0.2) is 5.82 Å². The van der Waals surface area contributed by atoms with Gasteiger partial charge in [-0.1, -0.05) is 159 Å². The third-order valence-corrected chi connectivity index (χ3v) is 10.8. The van der Waals surface area contributed by atoms with E-state index in [0.717, 1.165) is 63.3 Å². The summed E-state index contributed by atoms with van der Waals surface area (Å²) in [6.07, 6.45) is 4.51. The molecular formula is C47H43N7O2. The molecule has 3 heterocycles. The van der Waals surface area contributed by atoms with Crippen molar-refractivity contribution in [3.8, 4) is 22.5 Å². The summed E-state index contributed by atoms with van der Waals surface area (Å²) in [6, 6.07) is 47.7. The topological polar surface area (TPSA) is 98.8 Å². The van der Waals surface area contributed by atoms with E-state index in [1.807, 2.05) is 35.0 Å². The van der Waals surface area contributed by atoms with E-state index in [2.05, 4.69) is 128 Å². The van der Waals surface area contributed by atoms with E-state index in [1.165, 1.54) is 6.08 Å². The summed E-state index contributed by atoms with van der Waals surface area (Å²) in [7, 11) is 0. The largest absolute Gasteiger partial charge is 0.334 e. The van der Waals surface area contributed by atoms with Gasteiger partial charge in [-0.15, -0.1) is 5.10 Å². The summed E-state index contributed by atoms with van der Waals surface area (Å²) < 4.78 is 3.75. The van der Waals surface area contributed by atoms with Crippen LogP contribution in [0, 0.1) is 0 Å². The van der Waals surface area contributed by atoms with Crippen LogP contribution in [0.3, 0.4) is 0 Å². The fourth-order valence-corrected chi connectivity index (χ4v) is 7.96. The second kappa shape index (κ2) is 15.9. The van der Waals surface area contributed by atoms with Crippen molar-refractivity contribution in [1.29, 1.82) is 0 Å². The molecule has 278 valence electrons. The number of rotatable bonds is 12. The van der Waals surface area contributed by atoms with Crippen molar-refractivity contribution in [2.45, 2.75) is 51.2 Å². The SMILES string of the molecule is C=CC(=O)N1CCc2nc(CCCC)n(Cc3ccc(-c4ccccc4-c4nnnn4C(c4ccccc4)(c4ccccc4)c4ccccc4)cc3)c(=O)c2C1. The predicted molar refractivity (Wildman–Crippen MR) is 219 cm³/mol. The average molecular weight is 738 g/mol. The third kappa shape index (κ3) is 6.66. The molecule has 7 aromatic rings. The van der Waals surface area contributed by atoms with Crippen LogP contribution in [-0.2, 0) is 36.3 Å². The Morgan fingerprint density at radius 3 is 1.96 bits per heavy atom. The lowest BCUT2D eigenvalue weighted by Crippen LogP contribution is -2.41. The lowest BCUT2D eigenvalue weighted by atomic mass is 9.77. The van der Waals surface area contributed by atoms with E-state index in [-0.39, 0.29) is 18.0 Å². The number of fused-ring (bicyclic) bond motifs is 1. The summed E-state index contributed by atoms with van der Waals surface area (Å²) in [4.78, 5) is 33.2. The minimum absolute atomic E-state index is 0.0809. The van der Waals surface area contributed by atoms with Gasteiger partial charge in [0, 0.05) is 24.9 Å². The first-order chi connectivity index (χ1) is 27.5. The van der Waals surface area contributed by atoms with Crippen LogP contribution in [0.25, 0.3) is 22.5 Å². The van der Waals surface area contributed by atoms with E-state index in [0.29, 0.717) is 37.3 Å². The Bertz CT molecular complexity index is 2430. The Balaban J connectivity index is 1.20. The number of carbonyl (C=O) groups is 1. The second-order valence-electron chi connectivity index (χ2n) is 14.1. The lowest BCUT2D eigenvalue weighted by Gasteiger charge is -2.36. The van der Waals surface area contributed by atoms with Crippen molar-refractivity contribution in [3.63, 3.8) is 0 Å². The first kappa shape index (κ1) is 36.2. The zero-order chi connectivity index (χ0) is 38.5. The van der Waals surface area contributed by atoms with Gasteiger partial charge < -0.3 is 4.90 Å². The molecule has 1 amide bonds. The number of unbranched alkanes of at least 4 members (excludes halogenated alkanes) is 1. The fraction of sp³-hybridized carbons (Fsp3) is 0.191. The molecule has 0 fully saturated rings. The highest BCUT2D eigenvalue weighted by Crippen LogP contribution is 2.43. The molecule has 0 unspecified atom stereocenters. The van der Waals surface area contributed by atoms with Gasteiger partial charge in [-0.25, -0.2) is 9.67 Å². The van der Waals surface area contributed by atoms with Crippen molar-refractivity contribution in [2.75, 3.05) is 6.54 Å². The van der Waals surface area contributed by atoms with Crippen molar-refractivity contribution in [3.05, 3.63) is 202 Å². The molecule has 56 heavy (non-hydrogen) atoms. The molecule has 0 N–H and O–H groups in total. The minimum Gasteiger partial charge on any atom is -0.334 e. The maximum absolute atomic E-state index is 14.1. The molecule has 0 atom stereocenters. The van der Waals surface area contributed by atoms with Crippen LogP contribution in [0.2, 0.25) is 0 Å². The fourth-order valence-electron chi connectivity index (χ4n) is 7.96. The summed E-state index contributed by atoms with van der Waals surface area (Å²) in [5.74, 6) is 1.24. The normalized spacial score (nSPS) is 12.6. The molecule has 0 saturated heterocycles. The molecule has 0 bridgehead atoms. The Hall–Kier alpha value is -6.74. The number of carbonyl (C=O) groups excluding carboxylic acids is 1. The number of hydrogen-bond acceptors (Lipinski definition) is 6. The zero-order valence-corrected chi connectivity index (χ0v) is 31.5. The first-order valence-corrected chi connectivity index (χ1v) is 19.2. The summed E-state index contributed by atoms with van der Waals surface area (Å²) in [5.41, 5.74) is 7.32. The quantitative estimate of drug-likeness (QED) is 0.0936. The van der Waals surface area contributed by atoms with Crippen LogP contribution in [0.5, 0.6) is 0 Å². The van der Waals surface area contributed by atoms with Crippen LogP contribution in [0.15, 0.2) is 157 Å². The number of benzene rings is 5. The maximum atomic E-state index is 14.1. The standard InChI is InChI=1S/C47H43N7O2/c1-3-5-25-43-48-42-30-31-52(44(55)4-2)33-41(42)46(56)53(43)32-34-26-28-35(29-27-34)39-23-15-16-24-40(39)45-49-50-51-54(45)47(36-17-9-6-10-18-36,37-19-11-7-12-20-37)38-21-13-8-14-22-38/h4,6-24,26-29H,2-3,5,25,30-33H2,1H3. The molecular weight excluding hydrogens is 695 g/mol. The molecule has 0 radical (unpaired) electrons. The van der Waals surface area contributed by atoms with Gasteiger partial charge in [0.1, 0.15) is 11.4 Å². The summed E-state index contributed by atoms with van der Waals surface area (Å²) in [6.45, 7) is 6.93. The zero-order valence-electron chi connectivity index (χ0n) is 31.5. The highest BCUT2D eigenvalue weighted by atomic mass is 16.2. The third-order valence-electron chi connectivity index (χ3n) is 10.8. The Labute approximate surface area is 326 Å². The molecule has 2 aromatic heterocycles. The summed E-state index contributed by atoms with van der Waals surface area (Å²) in [5, 5.41) is 13.8. The van der Waals surface area contributed by atoms with Gasteiger partial charge in [0.25, 0.3) is 5.56 Å². The van der Waals surface area contributed by atoms with Crippen LogP contribution >= 0.6 is 0 Å². The van der Waals surface area contributed by atoms with Gasteiger partial charge in [-0.3, -0.25) is 14.2 Å². The highest BCUT2D eigenvalue weighted by molar-refractivity contribution is 5.87. The van der Waals surface area contributed by atoms with E-state index < -0.39 is 5.54 Å². The molecule has 1 aliphatic heterocycles. The lowest BCUT2D eigenvalue weighted by molar-refractivity contribution is -0.126. The van der Waals surface area contributed by atoms with Crippen molar-refractivity contribution >= 4 is 5.91 Å². The molecule has 8 rings (SSSR count). The van der Waals surface area contributed by atoms with Crippen molar-refractivity contribution < 1.29 is 4.79 Å². The monoisotopic (exact) mass is 737 g/mol. The van der Waals surface area contributed by atoms with E-state index in [4.69, 9.17) is 15.3 Å². The molecule has 0 saturated carbocycles. The van der Waals surface area contributed by atoms with Crippen molar-refractivity contribution in [1.82, 2.24) is 34.7 Å². The summed E-state index contributed by atoms with van der Waals surface area (Å²) >= 11 is 0. The molecule has 0 aliphatic carbocycles. The van der Waals surface area contributed by atoms with E-state index in [9.17, 15) is 9.59 Å². The van der Waals surface area contributed by atoms with Gasteiger partial charge in [-0.2, -0.15) is 0 Å². The predicted octanol–water partition coefficient (Wildman–Crippen LogP) is 7.87. The molecule has 0 spiro atoms. The Morgan fingerprint density at radius 2 is 1.38 bits per heavy atom. The Morgan fingerprint density at radius 1 is 0.786 bits per heavy atom. The number of tetrazole rings is 1. The van der Waals surface area contributed by atoms with E-state index in [1.54, 1.807) is 9.47 Å². The smallest absolute Gasteiger partial charge is 0.259 e. The van der Waals surface area contributed by atoms with Crippen LogP contribution in [-0.4, -0.2) is 47.1 Å². The first-order valence-electron chi connectivity index (χ1n) is 19.2. The maximum Gasteiger partial charge on any atom is 0.259 e. The van der Waals surface area contributed by atoms with Crippen molar-refractivity contribution in [2.24, 2.45) is 0 Å². The number of hydrogen-bond donors (Lipinski definition) is 0. The van der Waals surface area contributed by atoms with Gasteiger partial charge in [0.2, 0.25) is 5.91 Å². The molecule has 9 nitrogen and oxygen atoms in total. The number of aromatic nitrogens is 6. The van der Waals surface area contributed by atoms with Gasteiger partial charge >= 0.3 is 0 Å². The van der Waals surface area contributed by atoms with Gasteiger partial charge in [0.05, 0.1) is 24.3 Å². The highest BCUT2D eigenvalue weighted by Gasteiger charge is 2.42.